The predicted octanol–water partition coefficient (Wildman–Crippen LogP) is 2.34. The second-order valence-electron chi connectivity index (χ2n) is 7.60. The lowest BCUT2D eigenvalue weighted by molar-refractivity contribution is 0.134. The van der Waals surface area contributed by atoms with Gasteiger partial charge in [-0.3, -0.25) is 4.99 Å². The van der Waals surface area contributed by atoms with E-state index in [0.29, 0.717) is 12.0 Å². The number of hydrogen-bond donors (Lipinski definition) is 3. The number of halogens is 1. The van der Waals surface area contributed by atoms with Crippen molar-refractivity contribution in [3.8, 4) is 0 Å². The number of aliphatic hydroxyl groups is 1. The van der Waals surface area contributed by atoms with E-state index in [-0.39, 0.29) is 30.1 Å². The molecule has 5 nitrogen and oxygen atoms in total. The number of rotatable bonds is 4. The van der Waals surface area contributed by atoms with E-state index in [1.54, 1.807) is 0 Å². The summed E-state index contributed by atoms with van der Waals surface area (Å²) >= 11 is 0. The highest BCUT2D eigenvalue weighted by molar-refractivity contribution is 14.0. The molecule has 2 aliphatic carbocycles. The lowest BCUT2D eigenvalue weighted by Gasteiger charge is -2.36. The summed E-state index contributed by atoms with van der Waals surface area (Å²) in [5, 5.41) is 16.9. The summed E-state index contributed by atoms with van der Waals surface area (Å²) in [5.74, 6) is 1.29. The second-order valence-corrected chi connectivity index (χ2v) is 7.60. The summed E-state index contributed by atoms with van der Waals surface area (Å²) in [6, 6.07) is 1.39. The molecule has 1 saturated heterocycles. The molecule has 2 saturated carbocycles. The molecule has 3 rings (SSSR count). The van der Waals surface area contributed by atoms with Crippen LogP contribution in [-0.4, -0.2) is 60.8 Å². The Morgan fingerprint density at radius 3 is 2.33 bits per heavy atom. The average molecular weight is 450 g/mol. The number of likely N-dealkylation sites (tertiary alicyclic amines) is 1. The first-order valence-electron chi connectivity index (χ1n) is 9.65. The normalized spacial score (nSPS) is 30.3. The molecule has 0 aromatic carbocycles. The maximum absolute atomic E-state index is 9.92. The Bertz CT molecular complexity index is 392. The number of aliphatic hydroxyl groups excluding tert-OH is 1. The minimum atomic E-state index is -0.129. The largest absolute Gasteiger partial charge is 0.393 e. The smallest absolute Gasteiger partial charge is 0.191 e. The molecule has 0 radical (unpaired) electrons. The van der Waals surface area contributed by atoms with Crippen LogP contribution in [0.2, 0.25) is 0 Å². The van der Waals surface area contributed by atoms with Gasteiger partial charge in [-0.05, 0) is 38.5 Å². The third-order valence-electron chi connectivity index (χ3n) is 6.09. The molecule has 1 aliphatic heterocycles. The van der Waals surface area contributed by atoms with E-state index in [1.165, 1.54) is 51.6 Å². The maximum Gasteiger partial charge on any atom is 0.191 e. The van der Waals surface area contributed by atoms with E-state index in [9.17, 15) is 5.11 Å². The summed E-state index contributed by atoms with van der Waals surface area (Å²) in [6.07, 6.45) is 11.2. The Balaban J connectivity index is 0.00000208. The van der Waals surface area contributed by atoms with Crippen LogP contribution < -0.4 is 10.6 Å². The minimum Gasteiger partial charge on any atom is -0.393 e. The minimum absolute atomic E-state index is 0. The molecule has 3 N–H and O–H groups in total. The van der Waals surface area contributed by atoms with Gasteiger partial charge in [-0.25, -0.2) is 0 Å². The van der Waals surface area contributed by atoms with Crippen molar-refractivity contribution in [3.05, 3.63) is 0 Å². The van der Waals surface area contributed by atoms with Crippen molar-refractivity contribution in [2.75, 3.05) is 26.7 Å². The molecule has 2 unspecified atom stereocenters. The van der Waals surface area contributed by atoms with Gasteiger partial charge in [0.1, 0.15) is 0 Å². The molecular weight excluding hydrogens is 415 g/mol. The van der Waals surface area contributed by atoms with Crippen LogP contribution in [0, 0.1) is 5.92 Å². The number of hydrogen-bond acceptors (Lipinski definition) is 3. The molecule has 6 heteroatoms. The molecule has 0 aromatic rings. The molecule has 0 spiro atoms. The van der Waals surface area contributed by atoms with Crippen molar-refractivity contribution in [1.29, 1.82) is 0 Å². The zero-order chi connectivity index (χ0) is 16.1. The van der Waals surface area contributed by atoms with Crippen LogP contribution in [0.1, 0.15) is 57.8 Å². The molecular formula is C18H35IN4O. The van der Waals surface area contributed by atoms with E-state index in [4.69, 9.17) is 0 Å². The monoisotopic (exact) mass is 450 g/mol. The lowest BCUT2D eigenvalue weighted by Crippen LogP contribution is -2.51. The third-order valence-corrected chi connectivity index (χ3v) is 6.09. The first-order chi connectivity index (χ1) is 11.3. The molecule has 0 bridgehead atoms. The van der Waals surface area contributed by atoms with Crippen LogP contribution in [-0.2, 0) is 0 Å². The van der Waals surface area contributed by atoms with Crippen LogP contribution in [0.15, 0.2) is 4.99 Å². The summed E-state index contributed by atoms with van der Waals surface area (Å²) in [5.41, 5.74) is 0. The quantitative estimate of drug-likeness (QED) is 0.350. The van der Waals surface area contributed by atoms with Gasteiger partial charge < -0.3 is 20.6 Å². The third kappa shape index (κ3) is 5.46. The molecule has 0 amide bonds. The summed E-state index contributed by atoms with van der Waals surface area (Å²) in [7, 11) is 1.84. The summed E-state index contributed by atoms with van der Waals surface area (Å²) < 4.78 is 0. The highest BCUT2D eigenvalue weighted by atomic mass is 127. The first-order valence-corrected chi connectivity index (χ1v) is 9.65. The first kappa shape index (κ1) is 20.2. The van der Waals surface area contributed by atoms with Gasteiger partial charge >= 0.3 is 0 Å². The highest BCUT2D eigenvalue weighted by Gasteiger charge is 2.28. The van der Waals surface area contributed by atoms with E-state index >= 15 is 0 Å². The fourth-order valence-electron chi connectivity index (χ4n) is 4.55. The number of aliphatic imine (C=N–C) groups is 1. The van der Waals surface area contributed by atoms with Gasteiger partial charge in [-0.15, -0.1) is 24.0 Å². The van der Waals surface area contributed by atoms with Gasteiger partial charge in [0.15, 0.2) is 5.96 Å². The highest BCUT2D eigenvalue weighted by Crippen LogP contribution is 2.26. The van der Waals surface area contributed by atoms with Gasteiger partial charge in [0.2, 0.25) is 0 Å². The zero-order valence-electron chi connectivity index (χ0n) is 15.0. The molecule has 2 atom stereocenters. The van der Waals surface area contributed by atoms with Gasteiger partial charge in [-0.2, -0.15) is 0 Å². The fraction of sp³-hybridized carbons (Fsp3) is 0.944. The van der Waals surface area contributed by atoms with Crippen molar-refractivity contribution in [3.63, 3.8) is 0 Å². The van der Waals surface area contributed by atoms with E-state index in [0.717, 1.165) is 37.8 Å². The lowest BCUT2D eigenvalue weighted by atomic mass is 10.0. The number of piperidine rings is 1. The van der Waals surface area contributed by atoms with Crippen LogP contribution in [0.25, 0.3) is 0 Å². The summed E-state index contributed by atoms with van der Waals surface area (Å²) in [6.45, 7) is 3.28. The SMILES string of the molecule is CN=C(NCC1CCCC1O)NC1CCN(C2CCCC2)CC1.I. The van der Waals surface area contributed by atoms with E-state index < -0.39 is 0 Å². The van der Waals surface area contributed by atoms with Crippen LogP contribution in [0.4, 0.5) is 0 Å². The van der Waals surface area contributed by atoms with Crippen molar-refractivity contribution < 1.29 is 5.11 Å². The molecule has 3 aliphatic rings. The number of nitrogens with zero attached hydrogens (tertiary/aromatic N) is 2. The molecule has 24 heavy (non-hydrogen) atoms. The van der Waals surface area contributed by atoms with Crippen molar-refractivity contribution in [2.24, 2.45) is 10.9 Å². The molecule has 1 heterocycles. The van der Waals surface area contributed by atoms with Gasteiger partial charge in [-0.1, -0.05) is 19.3 Å². The maximum atomic E-state index is 9.92. The zero-order valence-corrected chi connectivity index (χ0v) is 17.4. The Labute approximate surface area is 164 Å². The Kier molecular flexibility index (Phi) is 8.57. The van der Waals surface area contributed by atoms with Gasteiger partial charge in [0.05, 0.1) is 6.10 Å². The predicted molar refractivity (Wildman–Crippen MR) is 110 cm³/mol. The van der Waals surface area contributed by atoms with Crippen molar-refractivity contribution in [1.82, 2.24) is 15.5 Å². The molecule has 0 aromatic heterocycles. The Morgan fingerprint density at radius 2 is 1.75 bits per heavy atom. The summed E-state index contributed by atoms with van der Waals surface area (Å²) in [4.78, 5) is 7.07. The number of nitrogens with one attached hydrogen (secondary N) is 2. The van der Waals surface area contributed by atoms with E-state index in [1.807, 2.05) is 7.05 Å². The number of guanidine groups is 1. The van der Waals surface area contributed by atoms with Gasteiger partial charge in [0.25, 0.3) is 0 Å². The molecule has 3 fully saturated rings. The van der Waals surface area contributed by atoms with E-state index in [2.05, 4.69) is 20.5 Å². The second kappa shape index (κ2) is 10.2. The van der Waals surface area contributed by atoms with Crippen LogP contribution in [0.3, 0.4) is 0 Å². The Morgan fingerprint density at radius 1 is 1.04 bits per heavy atom. The van der Waals surface area contributed by atoms with Crippen molar-refractivity contribution in [2.45, 2.75) is 76.0 Å². The Hall–Kier alpha value is -0.0800. The van der Waals surface area contributed by atoms with Gasteiger partial charge in [0, 0.05) is 44.7 Å². The standard InChI is InChI=1S/C18H34N4O.HI/c1-19-18(20-13-14-5-4-8-17(14)23)21-15-9-11-22(12-10-15)16-6-2-3-7-16;/h14-17,23H,2-13H2,1H3,(H2,19,20,21);1H. The fourth-order valence-corrected chi connectivity index (χ4v) is 4.55. The van der Waals surface area contributed by atoms with Crippen LogP contribution in [0.5, 0.6) is 0 Å². The van der Waals surface area contributed by atoms with Crippen molar-refractivity contribution >= 4 is 29.9 Å². The van der Waals surface area contributed by atoms with Crippen LogP contribution >= 0.6 is 24.0 Å². The topological polar surface area (TPSA) is 59.9 Å². The molecule has 140 valence electrons. The average Bonchev–Trinajstić information content (AvgIpc) is 3.24.